The molecular formula is C27H29N3O4. The van der Waals surface area contributed by atoms with Crippen molar-refractivity contribution in [2.45, 2.75) is 40.0 Å². The molecule has 0 saturated carbocycles. The summed E-state index contributed by atoms with van der Waals surface area (Å²) in [4.78, 5) is 15.4. The number of aliphatic carboxylic acids is 1. The van der Waals surface area contributed by atoms with Crippen LogP contribution in [-0.4, -0.2) is 34.1 Å². The smallest absolute Gasteiger partial charge is 0.303 e. The zero-order chi connectivity index (χ0) is 24.7. The van der Waals surface area contributed by atoms with Crippen molar-refractivity contribution < 1.29 is 19.1 Å². The summed E-state index contributed by atoms with van der Waals surface area (Å²) >= 11 is 0. The number of benzene rings is 2. The molecule has 7 heteroatoms. The normalized spacial score (nSPS) is 11.0. The number of aromatic nitrogens is 1. The molecule has 3 aromatic rings. The summed E-state index contributed by atoms with van der Waals surface area (Å²) in [5, 5.41) is 24.4. The lowest BCUT2D eigenvalue weighted by Crippen LogP contribution is -2.04. The van der Waals surface area contributed by atoms with Crippen LogP contribution in [0.1, 0.15) is 41.5 Å². The van der Waals surface area contributed by atoms with E-state index in [2.05, 4.69) is 4.98 Å². The maximum Gasteiger partial charge on any atom is 0.303 e. The van der Waals surface area contributed by atoms with Crippen LogP contribution in [0.3, 0.4) is 0 Å². The molecule has 3 N–H and O–H groups in total. The number of nitrogens with one attached hydrogen (secondary N) is 2. The minimum atomic E-state index is -0.802. The summed E-state index contributed by atoms with van der Waals surface area (Å²) in [7, 11) is 0. The zero-order valence-corrected chi connectivity index (χ0v) is 19.6. The molecule has 0 amide bonds. The Kier molecular flexibility index (Phi) is 8.14. The van der Waals surface area contributed by atoms with Gasteiger partial charge in [-0.2, -0.15) is 0 Å². The van der Waals surface area contributed by atoms with Gasteiger partial charge in [-0.05, 0) is 80.3 Å². The third-order valence-electron chi connectivity index (χ3n) is 5.37. The van der Waals surface area contributed by atoms with E-state index in [1.807, 2.05) is 56.3 Å². The van der Waals surface area contributed by atoms with Crippen LogP contribution >= 0.6 is 0 Å². The van der Waals surface area contributed by atoms with E-state index in [1.54, 1.807) is 19.1 Å². The molecule has 176 valence electrons. The van der Waals surface area contributed by atoms with Gasteiger partial charge in [0, 0.05) is 24.1 Å². The van der Waals surface area contributed by atoms with E-state index in [9.17, 15) is 4.79 Å². The lowest BCUT2D eigenvalue weighted by molar-refractivity contribution is -0.136. The second-order valence-electron chi connectivity index (χ2n) is 8.11. The summed E-state index contributed by atoms with van der Waals surface area (Å²) in [5.74, 6) is 1.20. The number of aryl methyl sites for hydroxylation is 3. The van der Waals surface area contributed by atoms with Crippen molar-refractivity contribution in [1.29, 1.82) is 10.8 Å². The third kappa shape index (κ3) is 6.75. The molecule has 0 unspecified atom stereocenters. The Morgan fingerprint density at radius 3 is 2.47 bits per heavy atom. The minimum absolute atomic E-state index is 0.113. The van der Waals surface area contributed by atoms with Crippen molar-refractivity contribution in [2.75, 3.05) is 6.61 Å². The SMILES string of the molecule is CC(=N)/C=C\C(=N)c1ccc(-c2nc(CCOc3ccc(CCC(=O)O)c(C)c3)c(C)o2)cc1. The lowest BCUT2D eigenvalue weighted by Gasteiger charge is -2.09. The molecule has 0 fully saturated rings. The molecule has 0 aliphatic heterocycles. The van der Waals surface area contributed by atoms with Gasteiger partial charge in [-0.15, -0.1) is 0 Å². The van der Waals surface area contributed by atoms with Crippen LogP contribution in [0.2, 0.25) is 0 Å². The maximum absolute atomic E-state index is 10.8. The Hall–Kier alpha value is -4.00. The van der Waals surface area contributed by atoms with Crippen molar-refractivity contribution in [3.8, 4) is 17.2 Å². The number of carboxylic acid groups (broad SMARTS) is 1. The Labute approximate surface area is 199 Å². The largest absolute Gasteiger partial charge is 0.493 e. The Morgan fingerprint density at radius 2 is 1.82 bits per heavy atom. The Morgan fingerprint density at radius 1 is 1.09 bits per heavy atom. The average Bonchev–Trinajstić information content (AvgIpc) is 3.17. The highest BCUT2D eigenvalue weighted by molar-refractivity contribution is 6.09. The topological polar surface area (TPSA) is 120 Å². The highest BCUT2D eigenvalue weighted by Crippen LogP contribution is 2.23. The summed E-state index contributed by atoms with van der Waals surface area (Å²) in [6.07, 6.45) is 4.41. The molecule has 3 rings (SSSR count). The Bertz CT molecular complexity index is 1220. The molecule has 0 saturated heterocycles. The van der Waals surface area contributed by atoms with E-state index >= 15 is 0 Å². The van der Waals surface area contributed by atoms with Crippen LogP contribution in [0, 0.1) is 24.7 Å². The fourth-order valence-electron chi connectivity index (χ4n) is 3.43. The molecule has 0 spiro atoms. The predicted molar refractivity (Wildman–Crippen MR) is 132 cm³/mol. The highest BCUT2D eigenvalue weighted by atomic mass is 16.5. The van der Waals surface area contributed by atoms with Crippen LogP contribution in [-0.2, 0) is 17.6 Å². The number of oxazole rings is 1. The second-order valence-corrected chi connectivity index (χ2v) is 8.11. The minimum Gasteiger partial charge on any atom is -0.493 e. The maximum atomic E-state index is 10.8. The van der Waals surface area contributed by atoms with E-state index in [-0.39, 0.29) is 6.42 Å². The van der Waals surface area contributed by atoms with Crippen molar-refractivity contribution in [3.63, 3.8) is 0 Å². The molecular weight excluding hydrogens is 430 g/mol. The molecule has 34 heavy (non-hydrogen) atoms. The fourth-order valence-corrected chi connectivity index (χ4v) is 3.43. The number of rotatable bonds is 11. The van der Waals surface area contributed by atoms with Gasteiger partial charge in [-0.3, -0.25) is 4.79 Å². The van der Waals surface area contributed by atoms with Crippen molar-refractivity contribution in [3.05, 3.63) is 82.8 Å². The average molecular weight is 460 g/mol. The fraction of sp³-hybridized carbons (Fsp3) is 0.259. The number of hydrogen-bond donors (Lipinski definition) is 3. The van der Waals surface area contributed by atoms with Gasteiger partial charge in [0.2, 0.25) is 5.89 Å². The summed E-state index contributed by atoms with van der Waals surface area (Å²) in [6.45, 7) is 5.94. The predicted octanol–water partition coefficient (Wildman–Crippen LogP) is 5.56. The first-order chi connectivity index (χ1) is 16.2. The van der Waals surface area contributed by atoms with Gasteiger partial charge in [0.25, 0.3) is 0 Å². The van der Waals surface area contributed by atoms with Crippen LogP contribution in [0.25, 0.3) is 11.5 Å². The van der Waals surface area contributed by atoms with Gasteiger partial charge in [0.05, 0.1) is 18.0 Å². The van der Waals surface area contributed by atoms with Gasteiger partial charge >= 0.3 is 5.97 Å². The van der Waals surface area contributed by atoms with Crippen molar-refractivity contribution >= 4 is 17.4 Å². The summed E-state index contributed by atoms with van der Waals surface area (Å²) in [6, 6.07) is 13.1. The first-order valence-corrected chi connectivity index (χ1v) is 11.1. The summed E-state index contributed by atoms with van der Waals surface area (Å²) < 4.78 is 11.7. The zero-order valence-electron chi connectivity index (χ0n) is 19.6. The number of allylic oxidation sites excluding steroid dienone is 2. The van der Waals surface area contributed by atoms with Gasteiger partial charge in [0.1, 0.15) is 11.5 Å². The molecule has 0 bridgehead atoms. The van der Waals surface area contributed by atoms with E-state index in [0.717, 1.165) is 39.5 Å². The van der Waals surface area contributed by atoms with E-state index < -0.39 is 5.97 Å². The van der Waals surface area contributed by atoms with E-state index in [4.69, 9.17) is 25.1 Å². The number of ether oxygens (including phenoxy) is 1. The van der Waals surface area contributed by atoms with Crippen LogP contribution in [0.4, 0.5) is 0 Å². The van der Waals surface area contributed by atoms with Crippen LogP contribution in [0.5, 0.6) is 5.75 Å². The molecule has 1 aromatic heterocycles. The first-order valence-electron chi connectivity index (χ1n) is 11.1. The monoisotopic (exact) mass is 459 g/mol. The first kappa shape index (κ1) is 24.6. The van der Waals surface area contributed by atoms with Gasteiger partial charge in [0.15, 0.2) is 0 Å². The molecule has 7 nitrogen and oxygen atoms in total. The van der Waals surface area contributed by atoms with Crippen molar-refractivity contribution in [2.24, 2.45) is 0 Å². The molecule has 0 radical (unpaired) electrons. The van der Waals surface area contributed by atoms with Gasteiger partial charge in [-0.1, -0.05) is 18.2 Å². The number of hydrogen-bond acceptors (Lipinski definition) is 6. The number of nitrogens with zero attached hydrogens (tertiary/aromatic N) is 1. The third-order valence-corrected chi connectivity index (χ3v) is 5.37. The second kappa shape index (κ2) is 11.2. The van der Waals surface area contributed by atoms with E-state index in [0.29, 0.717) is 36.8 Å². The number of carboxylic acids is 1. The highest BCUT2D eigenvalue weighted by Gasteiger charge is 2.12. The van der Waals surface area contributed by atoms with Crippen LogP contribution in [0.15, 0.2) is 59.0 Å². The molecule has 0 atom stereocenters. The van der Waals surface area contributed by atoms with Gasteiger partial charge < -0.3 is 25.1 Å². The molecule has 0 aliphatic carbocycles. The quantitative estimate of drug-likeness (QED) is 0.324. The molecule has 2 aromatic carbocycles. The van der Waals surface area contributed by atoms with Crippen LogP contribution < -0.4 is 4.74 Å². The van der Waals surface area contributed by atoms with E-state index in [1.165, 1.54) is 0 Å². The molecule has 0 aliphatic rings. The lowest BCUT2D eigenvalue weighted by atomic mass is 10.0. The van der Waals surface area contributed by atoms with Crippen molar-refractivity contribution in [1.82, 2.24) is 4.98 Å². The Balaban J connectivity index is 1.59. The van der Waals surface area contributed by atoms with Gasteiger partial charge in [-0.25, -0.2) is 4.98 Å². The number of carbonyl (C=O) groups is 1. The summed E-state index contributed by atoms with van der Waals surface area (Å²) in [5.41, 5.74) is 5.16. The molecule has 1 heterocycles. The standard InChI is InChI=1S/C27H29N3O4/c1-17-16-23(11-9-20(17)10-13-26(31)32)33-15-14-25-19(3)34-27(30-25)22-7-5-21(6-8-22)24(29)12-4-18(2)28/h4-9,11-12,16,28-29H,10,13-15H2,1-3H3,(H,31,32)/b12-4-,28-18?,29-24?.